The van der Waals surface area contributed by atoms with Gasteiger partial charge in [0, 0.05) is 17.6 Å². The van der Waals surface area contributed by atoms with Gasteiger partial charge in [-0.2, -0.15) is 0 Å². The maximum atomic E-state index is 5.40. The number of hydrogen-bond acceptors (Lipinski definition) is 4. The molecule has 0 saturated heterocycles. The molecule has 3 rings (SSSR count). The molecule has 0 bridgehead atoms. The molecule has 2 aromatic rings. The Bertz CT molecular complexity index is 638. The average molecular weight is 286 g/mol. The number of nitrogens with one attached hydrogen (secondary N) is 1. The second-order valence-corrected chi connectivity index (χ2v) is 5.81. The lowest BCUT2D eigenvalue weighted by atomic mass is 10.1. The van der Waals surface area contributed by atoms with Crippen LogP contribution in [0.1, 0.15) is 26.2 Å². The Morgan fingerprint density at radius 1 is 1.24 bits per heavy atom. The minimum Gasteiger partial charge on any atom is -0.493 e. The molecule has 0 spiro atoms. The van der Waals surface area contributed by atoms with E-state index in [2.05, 4.69) is 17.2 Å². The van der Waals surface area contributed by atoms with E-state index in [1.165, 1.54) is 19.3 Å². The van der Waals surface area contributed by atoms with Crippen molar-refractivity contribution in [1.29, 1.82) is 0 Å². The van der Waals surface area contributed by atoms with Gasteiger partial charge in [0.15, 0.2) is 11.5 Å². The zero-order valence-corrected chi connectivity index (χ0v) is 12.8. The summed E-state index contributed by atoms with van der Waals surface area (Å²) in [5.41, 5.74) is 0. The lowest BCUT2D eigenvalue weighted by Gasteiger charge is -2.17. The van der Waals surface area contributed by atoms with Crippen LogP contribution in [0.15, 0.2) is 24.4 Å². The van der Waals surface area contributed by atoms with Gasteiger partial charge in [-0.25, -0.2) is 4.98 Å². The van der Waals surface area contributed by atoms with Crippen LogP contribution < -0.4 is 14.8 Å². The molecule has 1 aliphatic carbocycles. The molecule has 1 saturated carbocycles. The van der Waals surface area contributed by atoms with Crippen LogP contribution >= 0.6 is 0 Å². The van der Waals surface area contributed by atoms with Gasteiger partial charge in [0.25, 0.3) is 0 Å². The number of benzene rings is 1. The Balaban J connectivity index is 1.93. The number of nitrogens with zero attached hydrogens (tertiary/aromatic N) is 1. The van der Waals surface area contributed by atoms with Gasteiger partial charge in [-0.3, -0.25) is 0 Å². The first kappa shape index (κ1) is 14.0. The van der Waals surface area contributed by atoms with E-state index in [9.17, 15) is 0 Å². The van der Waals surface area contributed by atoms with E-state index in [1.54, 1.807) is 14.2 Å². The summed E-state index contributed by atoms with van der Waals surface area (Å²) >= 11 is 0. The summed E-state index contributed by atoms with van der Waals surface area (Å²) in [5.74, 6) is 3.29. The molecule has 1 atom stereocenters. The normalized spacial score (nSPS) is 15.8. The highest BCUT2D eigenvalue weighted by molar-refractivity contribution is 5.94. The Hall–Kier alpha value is -1.97. The maximum absolute atomic E-state index is 5.40. The first-order valence-electron chi connectivity index (χ1n) is 7.48. The Morgan fingerprint density at radius 2 is 1.95 bits per heavy atom. The molecule has 1 aliphatic rings. The monoisotopic (exact) mass is 286 g/mol. The Labute approximate surface area is 125 Å². The highest BCUT2D eigenvalue weighted by atomic mass is 16.5. The Morgan fingerprint density at radius 3 is 2.62 bits per heavy atom. The van der Waals surface area contributed by atoms with Crippen molar-refractivity contribution < 1.29 is 9.47 Å². The number of aromatic nitrogens is 1. The zero-order chi connectivity index (χ0) is 14.8. The SMILES string of the molecule is COc1cc2ccnc(NC(C)CC3CC3)c2cc1OC. The summed E-state index contributed by atoms with van der Waals surface area (Å²) in [6.07, 6.45) is 5.80. The maximum Gasteiger partial charge on any atom is 0.161 e. The fourth-order valence-electron chi connectivity index (χ4n) is 2.76. The lowest BCUT2D eigenvalue weighted by Crippen LogP contribution is -2.16. The van der Waals surface area contributed by atoms with Crippen molar-refractivity contribution in [2.75, 3.05) is 19.5 Å². The second-order valence-electron chi connectivity index (χ2n) is 5.81. The number of methoxy groups -OCH3 is 2. The van der Waals surface area contributed by atoms with Gasteiger partial charge < -0.3 is 14.8 Å². The van der Waals surface area contributed by atoms with Crippen molar-refractivity contribution in [3.05, 3.63) is 24.4 Å². The Kier molecular flexibility index (Phi) is 3.86. The van der Waals surface area contributed by atoms with Crippen LogP contribution in [0, 0.1) is 5.92 Å². The molecule has 1 unspecified atom stereocenters. The van der Waals surface area contributed by atoms with E-state index in [4.69, 9.17) is 9.47 Å². The third-order valence-electron chi connectivity index (χ3n) is 4.04. The summed E-state index contributed by atoms with van der Waals surface area (Å²) < 4.78 is 10.8. The molecule has 1 fully saturated rings. The van der Waals surface area contributed by atoms with E-state index in [1.807, 2.05) is 24.4 Å². The van der Waals surface area contributed by atoms with Crippen molar-refractivity contribution in [3.63, 3.8) is 0 Å². The van der Waals surface area contributed by atoms with Gasteiger partial charge in [-0.05, 0) is 42.8 Å². The smallest absolute Gasteiger partial charge is 0.161 e. The van der Waals surface area contributed by atoms with Crippen LogP contribution in [0.25, 0.3) is 10.8 Å². The number of ether oxygens (including phenoxy) is 2. The highest BCUT2D eigenvalue weighted by Gasteiger charge is 2.23. The zero-order valence-electron chi connectivity index (χ0n) is 12.8. The topological polar surface area (TPSA) is 43.4 Å². The molecule has 112 valence electrons. The molecule has 0 radical (unpaired) electrons. The fraction of sp³-hybridized carbons (Fsp3) is 0.471. The van der Waals surface area contributed by atoms with Gasteiger partial charge in [0.05, 0.1) is 14.2 Å². The van der Waals surface area contributed by atoms with E-state index in [0.717, 1.165) is 34.0 Å². The van der Waals surface area contributed by atoms with E-state index in [-0.39, 0.29) is 0 Å². The van der Waals surface area contributed by atoms with Crippen LogP contribution in [-0.4, -0.2) is 25.2 Å². The largest absolute Gasteiger partial charge is 0.493 e. The molecule has 0 amide bonds. The third kappa shape index (κ3) is 3.04. The number of hydrogen-bond donors (Lipinski definition) is 1. The first-order chi connectivity index (χ1) is 10.2. The van der Waals surface area contributed by atoms with Crippen molar-refractivity contribution in [2.45, 2.75) is 32.2 Å². The third-order valence-corrected chi connectivity index (χ3v) is 4.04. The molecular weight excluding hydrogens is 264 g/mol. The molecule has 21 heavy (non-hydrogen) atoms. The molecule has 1 heterocycles. The summed E-state index contributed by atoms with van der Waals surface area (Å²) in [6, 6.07) is 6.41. The number of anilines is 1. The molecule has 1 aromatic carbocycles. The number of rotatable bonds is 6. The van der Waals surface area contributed by atoms with Crippen LogP contribution in [0.2, 0.25) is 0 Å². The van der Waals surface area contributed by atoms with Gasteiger partial charge in [-0.15, -0.1) is 0 Å². The quantitative estimate of drug-likeness (QED) is 0.876. The van der Waals surface area contributed by atoms with Crippen LogP contribution in [0.5, 0.6) is 11.5 Å². The average Bonchev–Trinajstić information content (AvgIpc) is 3.30. The number of fused-ring (bicyclic) bond motifs is 1. The summed E-state index contributed by atoms with van der Waals surface area (Å²) in [4.78, 5) is 4.50. The van der Waals surface area contributed by atoms with Gasteiger partial charge in [0.2, 0.25) is 0 Å². The summed E-state index contributed by atoms with van der Waals surface area (Å²) in [5, 5.41) is 5.71. The minimum absolute atomic E-state index is 0.434. The van der Waals surface area contributed by atoms with Crippen molar-refractivity contribution in [1.82, 2.24) is 4.98 Å². The molecular formula is C17H22N2O2. The van der Waals surface area contributed by atoms with E-state index < -0.39 is 0 Å². The lowest BCUT2D eigenvalue weighted by molar-refractivity contribution is 0.356. The van der Waals surface area contributed by atoms with Crippen LogP contribution in [0.4, 0.5) is 5.82 Å². The predicted octanol–water partition coefficient (Wildman–Crippen LogP) is 3.85. The van der Waals surface area contributed by atoms with Gasteiger partial charge in [0.1, 0.15) is 5.82 Å². The molecule has 1 aromatic heterocycles. The fourth-order valence-corrected chi connectivity index (χ4v) is 2.76. The predicted molar refractivity (Wildman–Crippen MR) is 85.3 cm³/mol. The molecule has 0 aliphatic heterocycles. The van der Waals surface area contributed by atoms with Crippen LogP contribution in [0.3, 0.4) is 0 Å². The van der Waals surface area contributed by atoms with E-state index >= 15 is 0 Å². The van der Waals surface area contributed by atoms with Crippen molar-refractivity contribution >= 4 is 16.6 Å². The first-order valence-corrected chi connectivity index (χ1v) is 7.48. The van der Waals surface area contributed by atoms with Gasteiger partial charge in [-0.1, -0.05) is 12.8 Å². The number of pyridine rings is 1. The standard InChI is InChI=1S/C17H22N2O2/c1-11(8-12-4-5-12)19-17-14-10-16(21-3)15(20-2)9-13(14)6-7-18-17/h6-7,9-12H,4-5,8H2,1-3H3,(H,18,19). The molecule has 4 nitrogen and oxygen atoms in total. The summed E-state index contributed by atoms with van der Waals surface area (Å²) in [6.45, 7) is 2.22. The summed E-state index contributed by atoms with van der Waals surface area (Å²) in [7, 11) is 3.31. The molecule has 4 heteroatoms. The van der Waals surface area contributed by atoms with Crippen molar-refractivity contribution in [2.24, 2.45) is 5.92 Å². The highest BCUT2D eigenvalue weighted by Crippen LogP contribution is 2.36. The van der Waals surface area contributed by atoms with Gasteiger partial charge >= 0.3 is 0 Å². The minimum atomic E-state index is 0.434. The second kappa shape index (κ2) is 5.80. The van der Waals surface area contributed by atoms with Crippen molar-refractivity contribution in [3.8, 4) is 11.5 Å². The van der Waals surface area contributed by atoms with Crippen LogP contribution in [-0.2, 0) is 0 Å². The molecule has 1 N–H and O–H groups in total. The van der Waals surface area contributed by atoms with E-state index in [0.29, 0.717) is 6.04 Å².